The molecule has 0 radical (unpaired) electrons. The summed E-state index contributed by atoms with van der Waals surface area (Å²) >= 11 is 0. The van der Waals surface area contributed by atoms with Crippen molar-refractivity contribution in [3.05, 3.63) is 83.8 Å². The van der Waals surface area contributed by atoms with Crippen LogP contribution in [0, 0.1) is 5.82 Å². The van der Waals surface area contributed by atoms with E-state index < -0.39 is 18.5 Å². The molecule has 168 valence electrons. The normalized spacial score (nSPS) is 11.0. The van der Waals surface area contributed by atoms with E-state index in [0.717, 1.165) is 11.1 Å². The molecule has 7 nitrogen and oxygen atoms in total. The van der Waals surface area contributed by atoms with Crippen molar-refractivity contribution < 1.29 is 18.7 Å². The Kier molecular flexibility index (Phi) is 6.44. The van der Waals surface area contributed by atoms with Crippen LogP contribution in [-0.4, -0.2) is 33.2 Å². The molecule has 4 aromatic rings. The van der Waals surface area contributed by atoms with E-state index >= 15 is 0 Å². The van der Waals surface area contributed by atoms with E-state index in [-0.39, 0.29) is 24.0 Å². The molecule has 2 aromatic carbocycles. The average molecular weight is 446 g/mol. The second-order valence-corrected chi connectivity index (χ2v) is 7.82. The molecule has 33 heavy (non-hydrogen) atoms. The number of amides is 1. The molecule has 0 spiro atoms. The summed E-state index contributed by atoms with van der Waals surface area (Å²) in [7, 11) is 0. The standard InChI is InChI=1S/C25H23FN4O3/c1-16(2)30-24-21(14-28-30)20(12-22(29-24)18-6-4-3-5-7-18)25(32)33-15-23(31)27-13-17-8-10-19(26)11-9-17/h3-12,14,16H,13,15H2,1-2H3,(H,27,31). The zero-order chi connectivity index (χ0) is 23.4. The number of ether oxygens (including phenoxy) is 1. The lowest BCUT2D eigenvalue weighted by Gasteiger charge is -2.11. The van der Waals surface area contributed by atoms with E-state index in [2.05, 4.69) is 10.4 Å². The van der Waals surface area contributed by atoms with E-state index in [1.54, 1.807) is 29.1 Å². The van der Waals surface area contributed by atoms with Crippen LogP contribution in [0.3, 0.4) is 0 Å². The number of carbonyl (C=O) groups is 2. The van der Waals surface area contributed by atoms with Gasteiger partial charge in [-0.05, 0) is 37.6 Å². The van der Waals surface area contributed by atoms with E-state index in [4.69, 9.17) is 9.72 Å². The minimum atomic E-state index is -0.639. The van der Waals surface area contributed by atoms with Gasteiger partial charge in [0.05, 0.1) is 22.8 Å². The van der Waals surface area contributed by atoms with Crippen LogP contribution < -0.4 is 5.32 Å². The van der Waals surface area contributed by atoms with Gasteiger partial charge >= 0.3 is 5.97 Å². The maximum atomic E-state index is 13.0. The number of carbonyl (C=O) groups excluding carboxylic acids is 2. The zero-order valence-corrected chi connectivity index (χ0v) is 18.3. The molecular formula is C25H23FN4O3. The molecule has 2 heterocycles. The molecule has 0 aliphatic heterocycles. The van der Waals surface area contributed by atoms with Gasteiger partial charge in [0, 0.05) is 18.2 Å². The van der Waals surface area contributed by atoms with E-state index in [9.17, 15) is 14.0 Å². The van der Waals surface area contributed by atoms with Gasteiger partial charge in [-0.1, -0.05) is 42.5 Å². The number of esters is 1. The highest BCUT2D eigenvalue weighted by Gasteiger charge is 2.20. The molecular weight excluding hydrogens is 423 g/mol. The highest BCUT2D eigenvalue weighted by Crippen LogP contribution is 2.26. The van der Waals surface area contributed by atoms with Crippen molar-refractivity contribution in [2.75, 3.05) is 6.61 Å². The van der Waals surface area contributed by atoms with Gasteiger partial charge in [-0.3, -0.25) is 4.79 Å². The van der Waals surface area contributed by atoms with Crippen LogP contribution >= 0.6 is 0 Å². The maximum Gasteiger partial charge on any atom is 0.339 e. The summed E-state index contributed by atoms with van der Waals surface area (Å²) in [6.45, 7) is 3.72. The number of halogens is 1. The second kappa shape index (κ2) is 9.60. The molecule has 0 atom stereocenters. The molecule has 0 aliphatic carbocycles. The van der Waals surface area contributed by atoms with Gasteiger partial charge in [-0.15, -0.1) is 0 Å². The van der Waals surface area contributed by atoms with Gasteiger partial charge in [0.15, 0.2) is 12.3 Å². The first-order valence-corrected chi connectivity index (χ1v) is 10.5. The Morgan fingerprint density at radius 3 is 2.52 bits per heavy atom. The fourth-order valence-electron chi connectivity index (χ4n) is 3.38. The third-order valence-electron chi connectivity index (χ3n) is 5.08. The first kappa shape index (κ1) is 22.1. The summed E-state index contributed by atoms with van der Waals surface area (Å²) in [6.07, 6.45) is 1.59. The summed E-state index contributed by atoms with van der Waals surface area (Å²) in [5.74, 6) is -1.45. The predicted octanol–water partition coefficient (Wildman–Crippen LogP) is 4.29. The molecule has 4 rings (SSSR count). The Labute approximate surface area is 190 Å². The fraction of sp³-hybridized carbons (Fsp3) is 0.200. The smallest absolute Gasteiger partial charge is 0.339 e. The molecule has 0 saturated carbocycles. The Bertz CT molecular complexity index is 1280. The summed E-state index contributed by atoms with van der Waals surface area (Å²) < 4.78 is 20.0. The largest absolute Gasteiger partial charge is 0.452 e. The molecule has 2 aromatic heterocycles. The Morgan fingerprint density at radius 2 is 1.82 bits per heavy atom. The number of benzene rings is 2. The monoisotopic (exact) mass is 446 g/mol. The SMILES string of the molecule is CC(C)n1ncc2c(C(=O)OCC(=O)NCc3ccc(F)cc3)cc(-c3ccccc3)nc21. The van der Waals surface area contributed by atoms with Crippen LogP contribution in [0.25, 0.3) is 22.3 Å². The van der Waals surface area contributed by atoms with Gasteiger partial charge in [-0.2, -0.15) is 5.10 Å². The number of rotatable bonds is 7. The lowest BCUT2D eigenvalue weighted by atomic mass is 10.1. The molecule has 0 aliphatic rings. The minimum Gasteiger partial charge on any atom is -0.452 e. The van der Waals surface area contributed by atoms with Crippen molar-refractivity contribution >= 4 is 22.9 Å². The van der Waals surface area contributed by atoms with Gasteiger partial charge < -0.3 is 10.1 Å². The molecule has 0 bridgehead atoms. The summed E-state index contributed by atoms with van der Waals surface area (Å²) in [5, 5.41) is 7.58. The van der Waals surface area contributed by atoms with Crippen molar-refractivity contribution in [1.82, 2.24) is 20.1 Å². The van der Waals surface area contributed by atoms with Crippen molar-refractivity contribution in [2.45, 2.75) is 26.4 Å². The van der Waals surface area contributed by atoms with Crippen LogP contribution in [-0.2, 0) is 16.1 Å². The highest BCUT2D eigenvalue weighted by molar-refractivity contribution is 6.04. The average Bonchev–Trinajstić information content (AvgIpc) is 3.26. The maximum absolute atomic E-state index is 13.0. The number of hydrogen-bond donors (Lipinski definition) is 1. The number of nitrogens with one attached hydrogen (secondary N) is 1. The Hall–Kier alpha value is -4.07. The molecule has 0 saturated heterocycles. The zero-order valence-electron chi connectivity index (χ0n) is 18.3. The quantitative estimate of drug-likeness (QED) is 0.428. The lowest BCUT2D eigenvalue weighted by Crippen LogP contribution is -2.28. The second-order valence-electron chi connectivity index (χ2n) is 7.82. The Balaban J connectivity index is 1.53. The van der Waals surface area contributed by atoms with Crippen molar-refractivity contribution in [1.29, 1.82) is 0 Å². The van der Waals surface area contributed by atoms with Gasteiger partial charge in [-0.25, -0.2) is 18.9 Å². The number of fused-ring (bicyclic) bond motifs is 1. The summed E-state index contributed by atoms with van der Waals surface area (Å²) in [4.78, 5) is 29.8. The third kappa shape index (κ3) is 5.06. The summed E-state index contributed by atoms with van der Waals surface area (Å²) in [5.41, 5.74) is 3.05. The lowest BCUT2D eigenvalue weighted by molar-refractivity contribution is -0.124. The first-order valence-electron chi connectivity index (χ1n) is 10.5. The van der Waals surface area contributed by atoms with Gasteiger partial charge in [0.1, 0.15) is 5.82 Å². The summed E-state index contributed by atoms with van der Waals surface area (Å²) in [6, 6.07) is 17.0. The van der Waals surface area contributed by atoms with Crippen LogP contribution in [0.4, 0.5) is 4.39 Å². The van der Waals surface area contributed by atoms with Gasteiger partial charge in [0.25, 0.3) is 5.91 Å². The molecule has 0 unspecified atom stereocenters. The highest BCUT2D eigenvalue weighted by atomic mass is 19.1. The Morgan fingerprint density at radius 1 is 1.09 bits per heavy atom. The molecule has 1 amide bonds. The van der Waals surface area contributed by atoms with E-state index in [1.165, 1.54) is 12.1 Å². The topological polar surface area (TPSA) is 86.1 Å². The molecule has 0 fully saturated rings. The molecule has 1 N–H and O–H groups in total. The molecule has 8 heteroatoms. The van der Waals surface area contributed by atoms with Crippen LogP contribution in [0.5, 0.6) is 0 Å². The number of pyridine rings is 1. The number of hydrogen-bond acceptors (Lipinski definition) is 5. The van der Waals surface area contributed by atoms with Crippen molar-refractivity contribution in [3.8, 4) is 11.3 Å². The minimum absolute atomic E-state index is 0.0436. The van der Waals surface area contributed by atoms with Crippen molar-refractivity contribution in [3.63, 3.8) is 0 Å². The predicted molar refractivity (Wildman–Crippen MR) is 122 cm³/mol. The van der Waals surface area contributed by atoms with Crippen molar-refractivity contribution in [2.24, 2.45) is 0 Å². The van der Waals surface area contributed by atoms with Crippen LogP contribution in [0.2, 0.25) is 0 Å². The third-order valence-corrected chi connectivity index (χ3v) is 5.08. The van der Waals surface area contributed by atoms with Gasteiger partial charge in [0.2, 0.25) is 0 Å². The number of aromatic nitrogens is 3. The number of nitrogens with zero attached hydrogens (tertiary/aromatic N) is 3. The fourth-order valence-corrected chi connectivity index (χ4v) is 3.38. The van der Waals surface area contributed by atoms with E-state index in [0.29, 0.717) is 16.7 Å². The first-order chi connectivity index (χ1) is 15.9. The van der Waals surface area contributed by atoms with Crippen LogP contribution in [0.1, 0.15) is 35.8 Å². The van der Waals surface area contributed by atoms with Crippen LogP contribution in [0.15, 0.2) is 66.9 Å². The van der Waals surface area contributed by atoms with E-state index in [1.807, 2.05) is 44.2 Å².